The molecule has 1 atom stereocenters. The summed E-state index contributed by atoms with van der Waals surface area (Å²) in [6.07, 6.45) is 2.49. The van der Waals surface area contributed by atoms with Gasteiger partial charge in [-0.1, -0.05) is 30.3 Å². The van der Waals surface area contributed by atoms with Crippen LogP contribution in [0.1, 0.15) is 25.3 Å². The number of hydrogen-bond donors (Lipinski definition) is 2. The first-order chi connectivity index (χ1) is 8.11. The fourth-order valence-corrected chi connectivity index (χ4v) is 2.07. The molecule has 0 bridgehead atoms. The minimum absolute atomic E-state index is 0.311. The van der Waals surface area contributed by atoms with Crippen molar-refractivity contribution in [1.82, 2.24) is 4.90 Å². The van der Waals surface area contributed by atoms with Gasteiger partial charge in [-0.3, -0.25) is 4.90 Å². The normalized spacial score (nSPS) is 19.3. The van der Waals surface area contributed by atoms with Crippen molar-refractivity contribution in [2.45, 2.75) is 38.0 Å². The smallest absolute Gasteiger partial charge is 0.0867 e. The minimum Gasteiger partial charge on any atom is -0.388 e. The van der Waals surface area contributed by atoms with Crippen LogP contribution in [0.4, 0.5) is 0 Å². The molecule has 94 valence electrons. The number of benzene rings is 1. The largest absolute Gasteiger partial charge is 0.388 e. The fraction of sp³-hybridized carbons (Fsp3) is 0.571. The molecule has 1 aliphatic rings. The molecule has 1 aliphatic carbocycles. The van der Waals surface area contributed by atoms with Crippen molar-refractivity contribution in [1.29, 1.82) is 0 Å². The summed E-state index contributed by atoms with van der Waals surface area (Å²) in [6.45, 7) is 3.68. The molecular formula is C14H22N2O. The molecule has 1 fully saturated rings. The molecule has 1 aromatic carbocycles. The fourth-order valence-electron chi connectivity index (χ4n) is 2.07. The highest BCUT2D eigenvalue weighted by atomic mass is 16.3. The van der Waals surface area contributed by atoms with Crippen LogP contribution in [0.2, 0.25) is 0 Å². The van der Waals surface area contributed by atoms with Crippen LogP contribution in [0.15, 0.2) is 30.3 Å². The van der Waals surface area contributed by atoms with Crippen molar-refractivity contribution in [2.24, 2.45) is 5.73 Å². The van der Waals surface area contributed by atoms with Crippen molar-refractivity contribution in [3.63, 3.8) is 0 Å². The standard InChI is InChI=1S/C14H22N2O/c1-14(17,10-15)11-16(13-7-8-13)9-12-5-3-2-4-6-12/h2-6,13,17H,7-11,15H2,1H3. The molecule has 2 rings (SSSR count). The number of nitrogens with zero attached hydrogens (tertiary/aromatic N) is 1. The number of hydrogen-bond acceptors (Lipinski definition) is 3. The summed E-state index contributed by atoms with van der Waals surface area (Å²) in [6, 6.07) is 11.0. The average Bonchev–Trinajstić information content (AvgIpc) is 3.13. The van der Waals surface area contributed by atoms with Crippen LogP contribution in [0.3, 0.4) is 0 Å². The van der Waals surface area contributed by atoms with E-state index in [4.69, 9.17) is 5.73 Å². The third kappa shape index (κ3) is 3.80. The lowest BCUT2D eigenvalue weighted by atomic mass is 10.1. The molecule has 1 aromatic rings. The maximum atomic E-state index is 10.1. The summed E-state index contributed by atoms with van der Waals surface area (Å²) < 4.78 is 0. The molecule has 17 heavy (non-hydrogen) atoms. The molecule has 3 heteroatoms. The van der Waals surface area contributed by atoms with Gasteiger partial charge in [0.15, 0.2) is 0 Å². The Morgan fingerprint density at radius 2 is 2.00 bits per heavy atom. The molecule has 0 aromatic heterocycles. The van der Waals surface area contributed by atoms with Crippen LogP contribution in [0.5, 0.6) is 0 Å². The number of rotatable bonds is 6. The highest BCUT2D eigenvalue weighted by Crippen LogP contribution is 2.29. The Morgan fingerprint density at radius 1 is 1.35 bits per heavy atom. The van der Waals surface area contributed by atoms with E-state index in [1.54, 1.807) is 0 Å². The van der Waals surface area contributed by atoms with Gasteiger partial charge in [0.2, 0.25) is 0 Å². The van der Waals surface area contributed by atoms with Crippen LogP contribution < -0.4 is 5.73 Å². The summed E-state index contributed by atoms with van der Waals surface area (Å²) in [5, 5.41) is 10.1. The van der Waals surface area contributed by atoms with Gasteiger partial charge >= 0.3 is 0 Å². The van der Waals surface area contributed by atoms with Gasteiger partial charge in [0.1, 0.15) is 0 Å². The van der Waals surface area contributed by atoms with E-state index in [1.165, 1.54) is 18.4 Å². The van der Waals surface area contributed by atoms with E-state index in [0.29, 0.717) is 19.1 Å². The molecule has 1 unspecified atom stereocenters. The van der Waals surface area contributed by atoms with Crippen LogP contribution in [0.25, 0.3) is 0 Å². The summed E-state index contributed by atoms with van der Waals surface area (Å²) >= 11 is 0. The van der Waals surface area contributed by atoms with E-state index in [9.17, 15) is 5.11 Å². The minimum atomic E-state index is -0.780. The zero-order chi connectivity index (χ0) is 12.3. The molecule has 0 spiro atoms. The topological polar surface area (TPSA) is 49.5 Å². The van der Waals surface area contributed by atoms with Gasteiger partial charge in [-0.15, -0.1) is 0 Å². The Morgan fingerprint density at radius 3 is 2.53 bits per heavy atom. The summed E-state index contributed by atoms with van der Waals surface area (Å²) in [5.41, 5.74) is 6.11. The second-order valence-electron chi connectivity index (χ2n) is 5.32. The third-order valence-corrected chi connectivity index (χ3v) is 3.28. The summed E-state index contributed by atoms with van der Waals surface area (Å²) in [5.74, 6) is 0. The molecule has 3 N–H and O–H groups in total. The number of aliphatic hydroxyl groups is 1. The predicted octanol–water partition coefficient (Wildman–Crippen LogP) is 1.36. The van der Waals surface area contributed by atoms with Gasteiger partial charge in [0.05, 0.1) is 5.60 Å². The van der Waals surface area contributed by atoms with Crippen LogP contribution >= 0.6 is 0 Å². The lowest BCUT2D eigenvalue weighted by Crippen LogP contribution is -2.46. The molecule has 1 saturated carbocycles. The predicted molar refractivity (Wildman–Crippen MR) is 69.6 cm³/mol. The number of nitrogens with two attached hydrogens (primary N) is 1. The second kappa shape index (κ2) is 5.17. The molecule has 0 saturated heterocycles. The SMILES string of the molecule is CC(O)(CN)CN(Cc1ccccc1)C1CC1. The first kappa shape index (κ1) is 12.6. The summed E-state index contributed by atoms with van der Waals surface area (Å²) in [7, 11) is 0. The molecule has 0 amide bonds. The van der Waals surface area contributed by atoms with E-state index in [2.05, 4.69) is 29.2 Å². The summed E-state index contributed by atoms with van der Waals surface area (Å²) in [4.78, 5) is 2.35. The monoisotopic (exact) mass is 234 g/mol. The Hall–Kier alpha value is -0.900. The molecule has 3 nitrogen and oxygen atoms in total. The Balaban J connectivity index is 1.98. The van der Waals surface area contributed by atoms with Gasteiger partial charge in [-0.05, 0) is 25.3 Å². The lowest BCUT2D eigenvalue weighted by Gasteiger charge is -2.30. The van der Waals surface area contributed by atoms with Crippen molar-refractivity contribution in [2.75, 3.05) is 13.1 Å². The highest BCUT2D eigenvalue weighted by molar-refractivity contribution is 5.15. The zero-order valence-electron chi connectivity index (χ0n) is 10.5. The van der Waals surface area contributed by atoms with Gasteiger partial charge in [0.25, 0.3) is 0 Å². The van der Waals surface area contributed by atoms with Gasteiger partial charge in [-0.2, -0.15) is 0 Å². The van der Waals surface area contributed by atoms with E-state index in [0.717, 1.165) is 6.54 Å². The van der Waals surface area contributed by atoms with E-state index in [1.807, 2.05) is 13.0 Å². The van der Waals surface area contributed by atoms with Crippen LogP contribution in [0, 0.1) is 0 Å². The second-order valence-corrected chi connectivity index (χ2v) is 5.32. The van der Waals surface area contributed by atoms with E-state index < -0.39 is 5.60 Å². The first-order valence-electron chi connectivity index (χ1n) is 6.31. The van der Waals surface area contributed by atoms with E-state index in [-0.39, 0.29) is 0 Å². The van der Waals surface area contributed by atoms with Gasteiger partial charge in [0, 0.05) is 25.7 Å². The maximum absolute atomic E-state index is 10.1. The molecular weight excluding hydrogens is 212 g/mol. The zero-order valence-corrected chi connectivity index (χ0v) is 10.5. The molecule has 0 aliphatic heterocycles. The van der Waals surface area contributed by atoms with Crippen LogP contribution in [-0.2, 0) is 6.54 Å². The quantitative estimate of drug-likeness (QED) is 0.781. The Labute approximate surface area is 103 Å². The Bertz CT molecular complexity index is 346. The van der Waals surface area contributed by atoms with Gasteiger partial charge in [-0.25, -0.2) is 0 Å². The van der Waals surface area contributed by atoms with Crippen molar-refractivity contribution >= 4 is 0 Å². The van der Waals surface area contributed by atoms with Gasteiger partial charge < -0.3 is 10.8 Å². The van der Waals surface area contributed by atoms with E-state index >= 15 is 0 Å². The first-order valence-corrected chi connectivity index (χ1v) is 6.31. The van der Waals surface area contributed by atoms with Crippen molar-refractivity contribution in [3.8, 4) is 0 Å². The van der Waals surface area contributed by atoms with Crippen molar-refractivity contribution in [3.05, 3.63) is 35.9 Å². The highest BCUT2D eigenvalue weighted by Gasteiger charge is 2.33. The average molecular weight is 234 g/mol. The van der Waals surface area contributed by atoms with Crippen molar-refractivity contribution < 1.29 is 5.11 Å². The third-order valence-electron chi connectivity index (χ3n) is 3.28. The maximum Gasteiger partial charge on any atom is 0.0867 e. The Kier molecular flexibility index (Phi) is 3.82. The lowest BCUT2D eigenvalue weighted by molar-refractivity contribution is 0.0219. The molecule has 0 heterocycles. The van der Waals surface area contributed by atoms with Crippen LogP contribution in [-0.4, -0.2) is 34.7 Å². The molecule has 0 radical (unpaired) electrons.